The third-order valence-electron chi connectivity index (χ3n) is 5.12. The molecule has 0 unspecified atom stereocenters. The smallest absolute Gasteiger partial charge is 0.122 e. The van der Waals surface area contributed by atoms with Gasteiger partial charge in [-0.15, -0.1) is 0 Å². The number of rotatable bonds is 0. The Morgan fingerprint density at radius 3 is 2.79 bits per heavy atom. The molecule has 4 nitrogen and oxygen atoms in total. The van der Waals surface area contributed by atoms with E-state index < -0.39 is 0 Å². The van der Waals surface area contributed by atoms with Crippen LogP contribution in [0.15, 0.2) is 24.3 Å². The summed E-state index contributed by atoms with van der Waals surface area (Å²) in [6.45, 7) is 0.980. The lowest BCUT2D eigenvalue weighted by atomic mass is 9.74. The first kappa shape index (κ1) is 10.8. The average molecular weight is 259 g/mol. The molecule has 4 aliphatic heterocycles. The van der Waals surface area contributed by atoms with E-state index in [1.54, 1.807) is 0 Å². The van der Waals surface area contributed by atoms with Gasteiger partial charge in [0.2, 0.25) is 0 Å². The largest absolute Gasteiger partial charge is 0.292 e. The molecule has 4 heteroatoms. The molecule has 3 saturated heterocycles. The van der Waals surface area contributed by atoms with Crippen LogP contribution in [0.5, 0.6) is 0 Å². The maximum atomic E-state index is 6.19. The second-order valence-corrected chi connectivity index (χ2v) is 6.03. The van der Waals surface area contributed by atoms with Crippen molar-refractivity contribution in [1.29, 1.82) is 0 Å². The predicted molar refractivity (Wildman–Crippen MR) is 66.9 cm³/mol. The molecule has 1 aromatic carbocycles. The zero-order valence-electron chi connectivity index (χ0n) is 10.7. The first-order chi connectivity index (χ1) is 9.42. The molecule has 100 valence electrons. The number of hydrogen-bond acceptors (Lipinski definition) is 4. The van der Waals surface area contributed by atoms with Gasteiger partial charge in [0, 0.05) is 12.5 Å². The zero-order chi connectivity index (χ0) is 12.4. The minimum Gasteiger partial charge on any atom is -0.292 e. The molecule has 0 spiro atoms. The molecule has 19 heavy (non-hydrogen) atoms. The molecule has 5 aliphatic rings. The van der Waals surface area contributed by atoms with Gasteiger partial charge in [0.1, 0.15) is 18.3 Å². The maximum absolute atomic E-state index is 6.19. The van der Waals surface area contributed by atoms with E-state index in [9.17, 15) is 0 Å². The molecule has 0 aromatic heterocycles. The Morgan fingerprint density at radius 1 is 1.05 bits per heavy atom. The highest BCUT2D eigenvalue weighted by atomic mass is 17.2. The van der Waals surface area contributed by atoms with Crippen molar-refractivity contribution in [2.45, 2.75) is 43.6 Å². The summed E-state index contributed by atoms with van der Waals surface area (Å²) >= 11 is 0. The molecule has 1 aromatic rings. The lowest BCUT2D eigenvalue weighted by Crippen LogP contribution is -2.52. The molecule has 0 amide bonds. The summed E-state index contributed by atoms with van der Waals surface area (Å²) in [4.78, 5) is 17.2. The van der Waals surface area contributed by atoms with E-state index in [0.29, 0.717) is 12.0 Å². The van der Waals surface area contributed by atoms with Gasteiger partial charge in [-0.1, -0.05) is 24.3 Å². The second kappa shape index (κ2) is 3.79. The highest BCUT2D eigenvalue weighted by Crippen LogP contribution is 2.52. The molecule has 2 bridgehead atoms. The minimum absolute atomic E-state index is 0.118. The summed E-state index contributed by atoms with van der Waals surface area (Å²) in [5.41, 5.74) is 2.90. The third-order valence-corrected chi connectivity index (χ3v) is 5.12. The highest BCUT2D eigenvalue weighted by Gasteiger charge is 2.58. The fourth-order valence-corrected chi connectivity index (χ4v) is 4.27. The van der Waals surface area contributed by atoms with Gasteiger partial charge in [-0.2, -0.15) is 5.06 Å². The molecular weight excluding hydrogens is 242 g/mol. The first-order valence-corrected chi connectivity index (χ1v) is 7.25. The highest BCUT2D eigenvalue weighted by molar-refractivity contribution is 5.34. The average Bonchev–Trinajstić information content (AvgIpc) is 2.90. The van der Waals surface area contributed by atoms with Crippen molar-refractivity contribution in [2.24, 2.45) is 5.92 Å². The van der Waals surface area contributed by atoms with E-state index in [-0.39, 0.29) is 18.3 Å². The summed E-state index contributed by atoms with van der Waals surface area (Å²) in [7, 11) is 0. The van der Waals surface area contributed by atoms with E-state index in [2.05, 4.69) is 29.3 Å². The van der Waals surface area contributed by atoms with Crippen LogP contribution in [0.2, 0.25) is 0 Å². The van der Waals surface area contributed by atoms with Crippen molar-refractivity contribution in [3.05, 3.63) is 35.4 Å². The molecule has 5 atom stereocenters. The lowest BCUT2D eigenvalue weighted by molar-refractivity contribution is -0.428. The summed E-state index contributed by atoms with van der Waals surface area (Å²) in [5.74, 6) is 0.425. The summed E-state index contributed by atoms with van der Waals surface area (Å²) in [5, 5.41) is 2.18. The van der Waals surface area contributed by atoms with Gasteiger partial charge in [0.25, 0.3) is 0 Å². The van der Waals surface area contributed by atoms with Gasteiger partial charge in [-0.3, -0.25) is 4.84 Å². The number of hydroxylamine groups is 2. The first-order valence-electron chi connectivity index (χ1n) is 7.25. The number of fused-ring (bicyclic) bond motifs is 5. The molecule has 0 N–H and O–H groups in total. The van der Waals surface area contributed by atoms with E-state index in [1.165, 1.54) is 11.1 Å². The maximum Gasteiger partial charge on any atom is 0.122 e. The molecular formula is C15H17NO3. The van der Waals surface area contributed by atoms with Gasteiger partial charge >= 0.3 is 0 Å². The fraction of sp³-hybridized carbons (Fsp3) is 0.600. The SMILES string of the molecule is c1ccc2c(c1)CCN1O[C@H]3[C@H]([C@@H]4CC[C@H]3OO4)[C@@H]21. The molecule has 6 rings (SSSR count). The van der Waals surface area contributed by atoms with E-state index in [4.69, 9.17) is 14.6 Å². The number of nitrogens with zero attached hydrogens (tertiary/aromatic N) is 1. The van der Waals surface area contributed by atoms with Crippen molar-refractivity contribution in [2.75, 3.05) is 6.54 Å². The predicted octanol–water partition coefficient (Wildman–Crippen LogP) is 2.01. The Labute approximate surface area is 112 Å². The Balaban J connectivity index is 1.61. The van der Waals surface area contributed by atoms with Crippen LogP contribution in [0.1, 0.15) is 30.0 Å². The van der Waals surface area contributed by atoms with Gasteiger partial charge in [-0.05, 0) is 30.4 Å². The zero-order valence-corrected chi connectivity index (χ0v) is 10.7. The Hall–Kier alpha value is -0.940. The monoisotopic (exact) mass is 259 g/mol. The van der Waals surface area contributed by atoms with Crippen LogP contribution in [-0.4, -0.2) is 29.9 Å². The fourth-order valence-electron chi connectivity index (χ4n) is 4.27. The van der Waals surface area contributed by atoms with Crippen LogP contribution < -0.4 is 0 Å². The van der Waals surface area contributed by atoms with Gasteiger partial charge in [0.05, 0.1) is 6.04 Å². The van der Waals surface area contributed by atoms with Gasteiger partial charge < -0.3 is 0 Å². The van der Waals surface area contributed by atoms with Crippen molar-refractivity contribution in [3.63, 3.8) is 0 Å². The van der Waals surface area contributed by atoms with Crippen molar-refractivity contribution >= 4 is 0 Å². The van der Waals surface area contributed by atoms with Crippen molar-refractivity contribution < 1.29 is 14.6 Å². The van der Waals surface area contributed by atoms with Crippen LogP contribution in [0.4, 0.5) is 0 Å². The quantitative estimate of drug-likeness (QED) is 0.667. The van der Waals surface area contributed by atoms with Crippen LogP contribution in [0.3, 0.4) is 0 Å². The molecule has 0 radical (unpaired) electrons. The lowest BCUT2D eigenvalue weighted by Gasteiger charge is -2.43. The van der Waals surface area contributed by atoms with Crippen LogP contribution >= 0.6 is 0 Å². The van der Waals surface area contributed by atoms with E-state index >= 15 is 0 Å². The Bertz CT molecular complexity index is 512. The Kier molecular flexibility index (Phi) is 2.16. The van der Waals surface area contributed by atoms with Gasteiger partial charge in [0.15, 0.2) is 0 Å². The number of benzene rings is 1. The third kappa shape index (κ3) is 1.37. The summed E-state index contributed by atoms with van der Waals surface area (Å²) in [6, 6.07) is 9.12. The van der Waals surface area contributed by atoms with Crippen molar-refractivity contribution in [3.8, 4) is 0 Å². The topological polar surface area (TPSA) is 30.9 Å². The second-order valence-electron chi connectivity index (χ2n) is 6.03. The van der Waals surface area contributed by atoms with E-state index in [0.717, 1.165) is 25.8 Å². The molecule has 1 aliphatic carbocycles. The summed E-state index contributed by atoms with van der Waals surface area (Å²) < 4.78 is 0. The summed E-state index contributed by atoms with van der Waals surface area (Å²) in [6.07, 6.45) is 3.73. The standard InChI is InChI=1S/C15H17NO3/c1-2-4-10-9(3-1)7-8-16-14(10)13-11-5-6-12(19-18-11)15(13)17-16/h1-4,11-15H,5-8H2/t11-,12+,13+,14+,15+/m0/s1. The minimum atomic E-state index is 0.118. The van der Waals surface area contributed by atoms with Gasteiger partial charge in [-0.25, -0.2) is 9.78 Å². The van der Waals surface area contributed by atoms with Crippen LogP contribution in [0.25, 0.3) is 0 Å². The molecule has 4 fully saturated rings. The van der Waals surface area contributed by atoms with Crippen molar-refractivity contribution in [1.82, 2.24) is 5.06 Å². The molecule has 1 saturated carbocycles. The van der Waals surface area contributed by atoms with Crippen LogP contribution in [-0.2, 0) is 21.0 Å². The number of hydrogen-bond donors (Lipinski definition) is 0. The van der Waals surface area contributed by atoms with Crippen LogP contribution in [0, 0.1) is 5.92 Å². The normalized spacial score (nSPS) is 43.7. The molecule has 4 heterocycles. The Morgan fingerprint density at radius 2 is 1.89 bits per heavy atom. The van der Waals surface area contributed by atoms with E-state index in [1.807, 2.05) is 0 Å².